The van der Waals surface area contributed by atoms with Gasteiger partial charge in [0.1, 0.15) is 6.04 Å². The molecule has 96 valence electrons. The molecule has 0 saturated carbocycles. The second kappa shape index (κ2) is 4.80. The molecule has 1 unspecified atom stereocenters. The first-order valence-electron chi connectivity index (χ1n) is 6.23. The molecule has 4 nitrogen and oxygen atoms in total. The Kier molecular flexibility index (Phi) is 3.36. The number of aryl methyl sites for hydroxylation is 1. The van der Waals surface area contributed by atoms with Crippen molar-refractivity contribution >= 4 is 17.5 Å². The Labute approximate surface area is 107 Å². The molecular weight excluding hydrogens is 228 g/mol. The second-order valence-electron chi connectivity index (χ2n) is 4.69. The van der Waals surface area contributed by atoms with Gasteiger partial charge in [0.25, 0.3) is 5.91 Å². The SMILES string of the molecule is CCCN1C(=O)C(NC(C)=O)c2cc(C)ccc21. The minimum Gasteiger partial charge on any atom is -0.341 e. The van der Waals surface area contributed by atoms with Gasteiger partial charge in [-0.2, -0.15) is 0 Å². The number of amides is 2. The third-order valence-corrected chi connectivity index (χ3v) is 3.09. The Morgan fingerprint density at radius 3 is 2.78 bits per heavy atom. The summed E-state index contributed by atoms with van der Waals surface area (Å²) < 4.78 is 0. The molecule has 1 heterocycles. The molecule has 1 aliphatic rings. The molecule has 1 aromatic carbocycles. The van der Waals surface area contributed by atoms with Gasteiger partial charge in [-0.05, 0) is 19.4 Å². The molecule has 1 atom stereocenters. The fourth-order valence-electron chi connectivity index (χ4n) is 2.36. The number of fused-ring (bicyclic) bond motifs is 1. The first-order chi connectivity index (χ1) is 8.54. The van der Waals surface area contributed by atoms with Gasteiger partial charge in [0.15, 0.2) is 0 Å². The van der Waals surface area contributed by atoms with Crippen molar-refractivity contribution in [2.75, 3.05) is 11.4 Å². The van der Waals surface area contributed by atoms with E-state index < -0.39 is 6.04 Å². The van der Waals surface area contributed by atoms with Crippen molar-refractivity contribution < 1.29 is 9.59 Å². The number of anilines is 1. The topological polar surface area (TPSA) is 49.4 Å². The molecule has 0 aromatic heterocycles. The second-order valence-corrected chi connectivity index (χ2v) is 4.69. The lowest BCUT2D eigenvalue weighted by Gasteiger charge is -2.16. The van der Waals surface area contributed by atoms with Gasteiger partial charge in [-0.25, -0.2) is 0 Å². The van der Waals surface area contributed by atoms with Crippen LogP contribution in [0.25, 0.3) is 0 Å². The summed E-state index contributed by atoms with van der Waals surface area (Å²) >= 11 is 0. The third kappa shape index (κ3) is 2.10. The van der Waals surface area contributed by atoms with Crippen LogP contribution in [0.4, 0.5) is 5.69 Å². The van der Waals surface area contributed by atoms with E-state index in [9.17, 15) is 9.59 Å². The maximum atomic E-state index is 12.3. The zero-order valence-electron chi connectivity index (χ0n) is 11.0. The van der Waals surface area contributed by atoms with E-state index >= 15 is 0 Å². The number of carbonyl (C=O) groups excluding carboxylic acids is 2. The number of carbonyl (C=O) groups is 2. The number of rotatable bonds is 3. The van der Waals surface area contributed by atoms with Crippen LogP contribution in [-0.2, 0) is 9.59 Å². The lowest BCUT2D eigenvalue weighted by atomic mass is 10.1. The van der Waals surface area contributed by atoms with Crippen LogP contribution >= 0.6 is 0 Å². The Morgan fingerprint density at radius 1 is 1.44 bits per heavy atom. The number of nitrogens with one attached hydrogen (secondary N) is 1. The van der Waals surface area contributed by atoms with Crippen molar-refractivity contribution in [1.82, 2.24) is 5.32 Å². The highest BCUT2D eigenvalue weighted by Crippen LogP contribution is 2.36. The van der Waals surface area contributed by atoms with Crippen LogP contribution < -0.4 is 10.2 Å². The molecule has 2 amide bonds. The summed E-state index contributed by atoms with van der Waals surface area (Å²) in [6.07, 6.45) is 0.895. The summed E-state index contributed by atoms with van der Waals surface area (Å²) in [7, 11) is 0. The summed E-state index contributed by atoms with van der Waals surface area (Å²) in [4.78, 5) is 25.3. The molecule has 1 aliphatic heterocycles. The molecule has 0 fully saturated rings. The van der Waals surface area contributed by atoms with Gasteiger partial charge in [0.05, 0.1) is 0 Å². The van der Waals surface area contributed by atoms with Crippen molar-refractivity contribution in [2.24, 2.45) is 0 Å². The molecule has 1 aromatic rings. The van der Waals surface area contributed by atoms with Crippen molar-refractivity contribution in [3.05, 3.63) is 29.3 Å². The summed E-state index contributed by atoms with van der Waals surface area (Å²) in [6.45, 7) is 6.14. The van der Waals surface area contributed by atoms with Crippen LogP contribution in [0.5, 0.6) is 0 Å². The first-order valence-corrected chi connectivity index (χ1v) is 6.23. The highest BCUT2D eigenvalue weighted by Gasteiger charge is 2.37. The number of hydrogen-bond donors (Lipinski definition) is 1. The number of nitrogens with zero attached hydrogens (tertiary/aromatic N) is 1. The maximum absolute atomic E-state index is 12.3. The number of hydrogen-bond acceptors (Lipinski definition) is 2. The molecule has 0 radical (unpaired) electrons. The monoisotopic (exact) mass is 246 g/mol. The van der Waals surface area contributed by atoms with E-state index in [0.29, 0.717) is 6.54 Å². The van der Waals surface area contributed by atoms with Gasteiger partial charge >= 0.3 is 0 Å². The lowest BCUT2D eigenvalue weighted by Crippen LogP contribution is -2.36. The van der Waals surface area contributed by atoms with E-state index in [0.717, 1.165) is 23.2 Å². The molecular formula is C14H18N2O2. The first kappa shape index (κ1) is 12.6. The molecule has 2 rings (SSSR count). The molecule has 0 spiro atoms. The summed E-state index contributed by atoms with van der Waals surface area (Å²) in [6, 6.07) is 5.40. The molecule has 1 N–H and O–H groups in total. The van der Waals surface area contributed by atoms with Crippen molar-refractivity contribution in [3.63, 3.8) is 0 Å². The highest BCUT2D eigenvalue weighted by molar-refractivity contribution is 6.06. The van der Waals surface area contributed by atoms with Gasteiger partial charge in [-0.15, -0.1) is 0 Å². The minimum atomic E-state index is -0.524. The van der Waals surface area contributed by atoms with E-state index in [1.807, 2.05) is 32.0 Å². The predicted octanol–water partition coefficient (Wildman–Crippen LogP) is 1.93. The fraction of sp³-hybridized carbons (Fsp3) is 0.429. The van der Waals surface area contributed by atoms with Crippen LogP contribution in [0, 0.1) is 6.92 Å². The summed E-state index contributed by atoms with van der Waals surface area (Å²) in [5.41, 5.74) is 2.92. The van der Waals surface area contributed by atoms with Gasteiger partial charge in [-0.3, -0.25) is 9.59 Å². The maximum Gasteiger partial charge on any atom is 0.254 e. The van der Waals surface area contributed by atoms with E-state index in [2.05, 4.69) is 5.32 Å². The van der Waals surface area contributed by atoms with Crippen molar-refractivity contribution in [3.8, 4) is 0 Å². The zero-order valence-corrected chi connectivity index (χ0v) is 11.0. The Hall–Kier alpha value is -1.84. The van der Waals surface area contributed by atoms with Gasteiger partial charge < -0.3 is 10.2 Å². The Balaban J connectivity index is 2.43. The van der Waals surface area contributed by atoms with Crippen LogP contribution in [-0.4, -0.2) is 18.4 Å². The van der Waals surface area contributed by atoms with E-state index in [1.54, 1.807) is 4.90 Å². The van der Waals surface area contributed by atoms with Gasteiger partial charge in [0.2, 0.25) is 5.91 Å². The fourth-order valence-corrected chi connectivity index (χ4v) is 2.36. The normalized spacial score (nSPS) is 17.8. The quantitative estimate of drug-likeness (QED) is 0.886. The Morgan fingerprint density at radius 2 is 2.17 bits per heavy atom. The Bertz CT molecular complexity index is 497. The molecule has 0 aliphatic carbocycles. The predicted molar refractivity (Wildman–Crippen MR) is 70.4 cm³/mol. The van der Waals surface area contributed by atoms with Crippen LogP contribution in [0.1, 0.15) is 37.4 Å². The van der Waals surface area contributed by atoms with E-state index in [1.165, 1.54) is 6.92 Å². The third-order valence-electron chi connectivity index (χ3n) is 3.09. The standard InChI is InChI=1S/C14H18N2O2/c1-4-7-16-12-6-5-9(2)8-11(12)13(14(16)18)15-10(3)17/h5-6,8,13H,4,7H2,1-3H3,(H,15,17). The van der Waals surface area contributed by atoms with E-state index in [-0.39, 0.29) is 11.8 Å². The van der Waals surface area contributed by atoms with Crippen LogP contribution in [0.3, 0.4) is 0 Å². The minimum absolute atomic E-state index is 0.0346. The zero-order chi connectivity index (χ0) is 13.3. The smallest absolute Gasteiger partial charge is 0.254 e. The largest absolute Gasteiger partial charge is 0.341 e. The molecule has 0 bridgehead atoms. The van der Waals surface area contributed by atoms with Gasteiger partial charge in [-0.1, -0.05) is 24.6 Å². The van der Waals surface area contributed by atoms with E-state index in [4.69, 9.17) is 0 Å². The van der Waals surface area contributed by atoms with Crippen LogP contribution in [0.15, 0.2) is 18.2 Å². The summed E-state index contributed by atoms with van der Waals surface area (Å²) in [5.74, 6) is -0.216. The van der Waals surface area contributed by atoms with Crippen molar-refractivity contribution in [2.45, 2.75) is 33.2 Å². The average Bonchev–Trinajstić information content (AvgIpc) is 2.54. The van der Waals surface area contributed by atoms with Gasteiger partial charge in [0, 0.05) is 24.7 Å². The molecule has 4 heteroatoms. The van der Waals surface area contributed by atoms with Crippen LogP contribution in [0.2, 0.25) is 0 Å². The van der Waals surface area contributed by atoms with Crippen molar-refractivity contribution in [1.29, 1.82) is 0 Å². The lowest BCUT2D eigenvalue weighted by molar-refractivity contribution is -0.126. The molecule has 18 heavy (non-hydrogen) atoms. The average molecular weight is 246 g/mol. The highest BCUT2D eigenvalue weighted by atomic mass is 16.2. The molecule has 0 saturated heterocycles. The number of benzene rings is 1. The summed E-state index contributed by atoms with van der Waals surface area (Å²) in [5, 5.41) is 2.73.